The van der Waals surface area contributed by atoms with Crippen LogP contribution < -0.4 is 0 Å². The molecule has 0 radical (unpaired) electrons. The molecule has 7 nitrogen and oxygen atoms in total. The van der Waals surface area contributed by atoms with Gasteiger partial charge in [0.15, 0.2) is 0 Å². The highest BCUT2D eigenvalue weighted by atomic mass is 32.2. The van der Waals surface area contributed by atoms with E-state index in [-0.39, 0.29) is 5.91 Å². The normalized spacial score (nSPS) is 15.6. The van der Waals surface area contributed by atoms with Crippen molar-refractivity contribution in [1.29, 1.82) is 0 Å². The summed E-state index contributed by atoms with van der Waals surface area (Å²) in [7, 11) is 0. The Hall–Kier alpha value is -2.45. The molecule has 4 rings (SSSR count). The van der Waals surface area contributed by atoms with E-state index >= 15 is 0 Å². The number of amides is 1. The molecule has 3 heterocycles. The summed E-state index contributed by atoms with van der Waals surface area (Å²) in [6, 6.07) is 7.77. The van der Waals surface area contributed by atoms with Gasteiger partial charge in [-0.3, -0.25) is 14.7 Å². The summed E-state index contributed by atoms with van der Waals surface area (Å²) >= 11 is 1.45. The minimum atomic E-state index is 0.157. The fraction of sp³-hybridized carbons (Fsp3) is 0.429. The average Bonchev–Trinajstić information content (AvgIpc) is 2.93. The number of carbonyl (C=O) groups is 1. The quantitative estimate of drug-likeness (QED) is 0.597. The molecular weight excluding hydrogens is 386 g/mol. The molecule has 29 heavy (non-hydrogen) atoms. The summed E-state index contributed by atoms with van der Waals surface area (Å²) in [5.74, 6) is 1.42. The number of fused-ring (bicyclic) bond motifs is 1. The fourth-order valence-corrected chi connectivity index (χ4v) is 4.31. The van der Waals surface area contributed by atoms with Crippen molar-refractivity contribution in [3.05, 3.63) is 47.5 Å². The van der Waals surface area contributed by atoms with Crippen LogP contribution in [0.4, 0.5) is 0 Å². The summed E-state index contributed by atoms with van der Waals surface area (Å²) < 4.78 is 5.27. The van der Waals surface area contributed by atoms with Gasteiger partial charge < -0.3 is 9.42 Å². The van der Waals surface area contributed by atoms with Crippen LogP contribution in [0.3, 0.4) is 0 Å². The standard InChI is InChI=1S/C21H25N5O2S/c1-15-17(16(2)28-24-15)13-25-8-5-9-26(11-10-25)21(27)14-29-20-12-22-18-6-3-4-7-19(18)23-20/h3-4,6-7,12H,5,8-11,13-14H2,1-2H3. The Morgan fingerprint density at radius 1 is 1.14 bits per heavy atom. The third kappa shape index (κ3) is 4.76. The Morgan fingerprint density at radius 3 is 2.76 bits per heavy atom. The molecule has 0 spiro atoms. The molecule has 1 aliphatic heterocycles. The van der Waals surface area contributed by atoms with Crippen LogP contribution in [0.1, 0.15) is 23.4 Å². The molecule has 152 valence electrons. The minimum Gasteiger partial charge on any atom is -0.361 e. The lowest BCUT2D eigenvalue weighted by molar-refractivity contribution is -0.128. The van der Waals surface area contributed by atoms with E-state index in [0.717, 1.165) is 72.2 Å². The molecule has 1 fully saturated rings. The molecular formula is C21H25N5O2S. The van der Waals surface area contributed by atoms with Crippen molar-refractivity contribution in [2.45, 2.75) is 31.8 Å². The Morgan fingerprint density at radius 2 is 1.97 bits per heavy atom. The summed E-state index contributed by atoms with van der Waals surface area (Å²) in [5, 5.41) is 4.82. The van der Waals surface area contributed by atoms with Crippen LogP contribution in [0.15, 0.2) is 40.0 Å². The van der Waals surface area contributed by atoms with Gasteiger partial charge in [-0.1, -0.05) is 29.1 Å². The van der Waals surface area contributed by atoms with E-state index in [9.17, 15) is 4.79 Å². The third-order valence-electron chi connectivity index (χ3n) is 5.27. The van der Waals surface area contributed by atoms with Gasteiger partial charge in [0.1, 0.15) is 10.8 Å². The maximum Gasteiger partial charge on any atom is 0.233 e. The summed E-state index contributed by atoms with van der Waals surface area (Å²) in [6.07, 6.45) is 2.71. The molecule has 0 bridgehead atoms. The second-order valence-electron chi connectivity index (χ2n) is 7.30. The van der Waals surface area contributed by atoms with E-state index in [1.54, 1.807) is 6.20 Å². The van der Waals surface area contributed by atoms with Crippen molar-refractivity contribution in [2.24, 2.45) is 0 Å². The zero-order chi connectivity index (χ0) is 20.2. The van der Waals surface area contributed by atoms with Crippen molar-refractivity contribution < 1.29 is 9.32 Å². The summed E-state index contributed by atoms with van der Waals surface area (Å²) in [5.41, 5.74) is 3.84. The third-order valence-corrected chi connectivity index (χ3v) is 6.16. The van der Waals surface area contributed by atoms with E-state index < -0.39 is 0 Å². The maximum absolute atomic E-state index is 12.7. The molecule has 1 saturated heterocycles. The van der Waals surface area contributed by atoms with Crippen LogP contribution in [0.2, 0.25) is 0 Å². The van der Waals surface area contributed by atoms with E-state index in [0.29, 0.717) is 5.75 Å². The van der Waals surface area contributed by atoms with Crippen molar-refractivity contribution in [3.8, 4) is 0 Å². The summed E-state index contributed by atoms with van der Waals surface area (Å²) in [6.45, 7) is 8.12. The molecule has 1 aliphatic rings. The van der Waals surface area contributed by atoms with Gasteiger partial charge in [-0.15, -0.1) is 0 Å². The monoisotopic (exact) mass is 411 g/mol. The van der Waals surface area contributed by atoms with Crippen LogP contribution in [-0.4, -0.2) is 62.8 Å². The maximum atomic E-state index is 12.7. The van der Waals surface area contributed by atoms with Gasteiger partial charge in [0.25, 0.3) is 0 Å². The Balaban J connectivity index is 1.31. The Labute approximate surface area is 174 Å². The van der Waals surface area contributed by atoms with Crippen LogP contribution in [0.25, 0.3) is 11.0 Å². The predicted molar refractivity (Wildman–Crippen MR) is 113 cm³/mol. The van der Waals surface area contributed by atoms with Crippen LogP contribution in [-0.2, 0) is 11.3 Å². The van der Waals surface area contributed by atoms with E-state index in [1.807, 2.05) is 43.0 Å². The lowest BCUT2D eigenvalue weighted by Crippen LogP contribution is -2.36. The molecule has 0 N–H and O–H groups in total. The van der Waals surface area contributed by atoms with Crippen molar-refractivity contribution in [3.63, 3.8) is 0 Å². The average molecular weight is 412 g/mol. The van der Waals surface area contributed by atoms with Crippen LogP contribution in [0.5, 0.6) is 0 Å². The van der Waals surface area contributed by atoms with Crippen molar-refractivity contribution in [2.75, 3.05) is 31.9 Å². The number of thioether (sulfide) groups is 1. The molecule has 0 aliphatic carbocycles. The Bertz CT molecular complexity index is 986. The predicted octanol–water partition coefficient (Wildman–Crippen LogP) is 3.06. The van der Waals surface area contributed by atoms with Crippen molar-refractivity contribution in [1.82, 2.24) is 24.9 Å². The fourth-order valence-electron chi connectivity index (χ4n) is 3.57. The van der Waals surface area contributed by atoms with Gasteiger partial charge in [-0.05, 0) is 32.4 Å². The van der Waals surface area contributed by atoms with E-state index in [2.05, 4.69) is 20.0 Å². The molecule has 1 amide bonds. The molecule has 2 aromatic heterocycles. The molecule has 8 heteroatoms. The first-order valence-electron chi connectivity index (χ1n) is 9.86. The van der Waals surface area contributed by atoms with Gasteiger partial charge in [-0.25, -0.2) is 4.98 Å². The zero-order valence-corrected chi connectivity index (χ0v) is 17.6. The molecule has 0 atom stereocenters. The topological polar surface area (TPSA) is 75.4 Å². The highest BCUT2D eigenvalue weighted by molar-refractivity contribution is 7.99. The number of aryl methyl sites for hydroxylation is 2. The summed E-state index contributed by atoms with van der Waals surface area (Å²) in [4.78, 5) is 26.1. The van der Waals surface area contributed by atoms with Gasteiger partial charge >= 0.3 is 0 Å². The Kier molecular flexibility index (Phi) is 6.10. The smallest absolute Gasteiger partial charge is 0.233 e. The van der Waals surface area contributed by atoms with Crippen molar-refractivity contribution >= 4 is 28.7 Å². The number of hydrogen-bond donors (Lipinski definition) is 0. The highest BCUT2D eigenvalue weighted by Gasteiger charge is 2.21. The second-order valence-corrected chi connectivity index (χ2v) is 8.29. The van der Waals surface area contributed by atoms with Gasteiger partial charge in [0.05, 0.1) is 28.7 Å². The van der Waals surface area contributed by atoms with Gasteiger partial charge in [-0.2, -0.15) is 0 Å². The molecule has 0 unspecified atom stereocenters. The number of nitrogens with zero attached hydrogens (tertiary/aromatic N) is 5. The number of aromatic nitrogens is 3. The molecule has 1 aromatic carbocycles. The SMILES string of the molecule is Cc1noc(C)c1CN1CCCN(C(=O)CSc2cnc3ccccc3n2)CC1. The first kappa shape index (κ1) is 19.8. The number of benzene rings is 1. The van der Waals surface area contributed by atoms with Gasteiger partial charge in [0, 0.05) is 38.3 Å². The van der Waals surface area contributed by atoms with Crippen LogP contribution in [0, 0.1) is 13.8 Å². The minimum absolute atomic E-state index is 0.157. The largest absolute Gasteiger partial charge is 0.361 e. The lowest BCUT2D eigenvalue weighted by Gasteiger charge is -2.22. The number of para-hydroxylation sites is 2. The zero-order valence-electron chi connectivity index (χ0n) is 16.8. The van der Waals surface area contributed by atoms with Gasteiger partial charge in [0.2, 0.25) is 5.91 Å². The second kappa shape index (κ2) is 8.92. The number of carbonyl (C=O) groups excluding carboxylic acids is 1. The highest BCUT2D eigenvalue weighted by Crippen LogP contribution is 2.20. The van der Waals surface area contributed by atoms with E-state index in [1.165, 1.54) is 11.8 Å². The van der Waals surface area contributed by atoms with E-state index in [4.69, 9.17) is 4.52 Å². The number of hydrogen-bond acceptors (Lipinski definition) is 7. The number of rotatable bonds is 5. The molecule has 3 aromatic rings. The first-order valence-corrected chi connectivity index (χ1v) is 10.8. The molecule has 0 saturated carbocycles. The lowest BCUT2D eigenvalue weighted by atomic mass is 10.2. The first-order chi connectivity index (χ1) is 14.1. The van der Waals surface area contributed by atoms with Crippen LogP contribution >= 0.6 is 11.8 Å².